The Hall–Kier alpha value is -3.74. The molecular weight excluding hydrogens is 433 g/mol. The molecule has 1 fully saturated rings. The number of benzene rings is 2. The van der Waals surface area contributed by atoms with E-state index in [0.717, 1.165) is 32.1 Å². The van der Waals surface area contributed by atoms with Crippen molar-refractivity contribution in [2.24, 2.45) is 0 Å². The van der Waals surface area contributed by atoms with Crippen molar-refractivity contribution in [2.75, 3.05) is 12.0 Å². The lowest BCUT2D eigenvalue weighted by Crippen LogP contribution is -2.47. The predicted octanol–water partition coefficient (Wildman–Crippen LogP) is 5.07. The summed E-state index contributed by atoms with van der Waals surface area (Å²) in [5, 5.41) is 3.14. The third kappa shape index (κ3) is 5.42. The second-order valence-electron chi connectivity index (χ2n) is 8.39. The van der Waals surface area contributed by atoms with Crippen molar-refractivity contribution in [3.05, 3.63) is 90.0 Å². The molecule has 1 N–H and O–H groups in total. The van der Waals surface area contributed by atoms with Gasteiger partial charge >= 0.3 is 0 Å². The lowest BCUT2D eigenvalue weighted by Gasteiger charge is -2.33. The number of hydrogen-bond donors (Lipinski definition) is 1. The quantitative estimate of drug-likeness (QED) is 0.534. The zero-order valence-corrected chi connectivity index (χ0v) is 19.1. The topological polar surface area (TPSA) is 71.5 Å². The van der Waals surface area contributed by atoms with Gasteiger partial charge in [0.1, 0.15) is 23.3 Å². The number of ether oxygens (including phenoxy) is 1. The molecule has 34 heavy (non-hydrogen) atoms. The summed E-state index contributed by atoms with van der Waals surface area (Å²) in [6.07, 6.45) is 6.57. The van der Waals surface area contributed by atoms with E-state index in [-0.39, 0.29) is 23.3 Å². The fourth-order valence-corrected chi connectivity index (χ4v) is 4.35. The number of pyridine rings is 1. The van der Waals surface area contributed by atoms with Gasteiger partial charge in [0.25, 0.3) is 5.91 Å². The standard InChI is InChI=1S/C27H28FN3O3/c1-34-23-15-13-19(14-16-23)25(26(32)30-21-9-3-2-4-10-21)31(22-11-7-8-20(28)18-22)27(33)24-12-5-6-17-29-24/h5-8,11-18,21,25H,2-4,9-10H2,1H3,(H,30,32)/t25-/m1/s1. The number of amides is 2. The summed E-state index contributed by atoms with van der Waals surface area (Å²) in [5.41, 5.74) is 1.02. The maximum Gasteiger partial charge on any atom is 0.277 e. The molecule has 2 aromatic carbocycles. The maximum atomic E-state index is 14.3. The van der Waals surface area contributed by atoms with Crippen LogP contribution in [0, 0.1) is 5.82 Å². The van der Waals surface area contributed by atoms with Gasteiger partial charge in [-0.1, -0.05) is 43.5 Å². The SMILES string of the molecule is COc1ccc([C@H](C(=O)NC2CCCCC2)N(C(=O)c2ccccn2)c2cccc(F)c2)cc1. The van der Waals surface area contributed by atoms with Gasteiger partial charge in [0.15, 0.2) is 0 Å². The van der Waals surface area contributed by atoms with Crippen LogP contribution in [-0.2, 0) is 4.79 Å². The Kier molecular flexibility index (Phi) is 7.52. The highest BCUT2D eigenvalue weighted by atomic mass is 19.1. The second kappa shape index (κ2) is 10.9. The van der Waals surface area contributed by atoms with Gasteiger partial charge in [-0.25, -0.2) is 4.39 Å². The summed E-state index contributed by atoms with van der Waals surface area (Å²) >= 11 is 0. The molecule has 0 spiro atoms. The van der Waals surface area contributed by atoms with Gasteiger partial charge in [0.2, 0.25) is 5.91 Å². The van der Waals surface area contributed by atoms with E-state index in [9.17, 15) is 14.0 Å². The Balaban J connectivity index is 1.80. The number of halogens is 1. The zero-order chi connectivity index (χ0) is 23.9. The van der Waals surface area contributed by atoms with Crippen LogP contribution in [0.25, 0.3) is 0 Å². The van der Waals surface area contributed by atoms with Crippen LogP contribution in [0.15, 0.2) is 72.9 Å². The van der Waals surface area contributed by atoms with Crippen LogP contribution in [0.3, 0.4) is 0 Å². The smallest absolute Gasteiger partial charge is 0.277 e. The van der Waals surface area contributed by atoms with E-state index < -0.39 is 17.8 Å². The molecule has 1 atom stereocenters. The van der Waals surface area contributed by atoms with Crippen molar-refractivity contribution >= 4 is 17.5 Å². The van der Waals surface area contributed by atoms with Gasteiger partial charge in [-0.3, -0.25) is 19.5 Å². The number of rotatable bonds is 7. The minimum Gasteiger partial charge on any atom is -0.497 e. The minimum atomic E-state index is -1.02. The molecule has 1 aliphatic rings. The average Bonchev–Trinajstić information content (AvgIpc) is 2.88. The Labute approximate surface area is 198 Å². The predicted molar refractivity (Wildman–Crippen MR) is 128 cm³/mol. The summed E-state index contributed by atoms with van der Waals surface area (Å²) in [6.45, 7) is 0. The molecule has 0 bridgehead atoms. The molecule has 0 saturated heterocycles. The number of carbonyl (C=O) groups excluding carboxylic acids is 2. The van der Waals surface area contributed by atoms with Crippen LogP contribution in [-0.4, -0.2) is 29.9 Å². The fraction of sp³-hybridized carbons (Fsp3) is 0.296. The van der Waals surface area contributed by atoms with Crippen LogP contribution < -0.4 is 15.0 Å². The first-order valence-electron chi connectivity index (χ1n) is 11.5. The third-order valence-corrected chi connectivity index (χ3v) is 6.08. The largest absolute Gasteiger partial charge is 0.497 e. The van der Waals surface area contributed by atoms with Gasteiger partial charge < -0.3 is 10.1 Å². The lowest BCUT2D eigenvalue weighted by atomic mass is 9.94. The summed E-state index contributed by atoms with van der Waals surface area (Å²) in [6, 6.07) is 16.7. The Morgan fingerprint density at radius 3 is 2.44 bits per heavy atom. The molecule has 2 amide bonds. The van der Waals surface area contributed by atoms with Gasteiger partial charge in [-0.15, -0.1) is 0 Å². The molecule has 6 nitrogen and oxygen atoms in total. The molecule has 1 saturated carbocycles. The van der Waals surface area contributed by atoms with Crippen molar-refractivity contribution in [2.45, 2.75) is 44.2 Å². The van der Waals surface area contributed by atoms with Gasteiger partial charge in [0, 0.05) is 17.9 Å². The van der Waals surface area contributed by atoms with Crippen LogP contribution in [0.4, 0.5) is 10.1 Å². The molecule has 0 aliphatic heterocycles. The molecule has 1 heterocycles. The van der Waals surface area contributed by atoms with E-state index in [1.807, 2.05) is 0 Å². The first-order chi connectivity index (χ1) is 16.6. The van der Waals surface area contributed by atoms with E-state index in [4.69, 9.17) is 4.74 Å². The molecule has 0 radical (unpaired) electrons. The first-order valence-corrected chi connectivity index (χ1v) is 11.5. The van der Waals surface area contributed by atoms with Crippen molar-refractivity contribution in [1.29, 1.82) is 0 Å². The Bertz CT molecular complexity index is 1120. The van der Waals surface area contributed by atoms with Crippen LogP contribution >= 0.6 is 0 Å². The number of nitrogens with zero attached hydrogens (tertiary/aromatic N) is 2. The fourth-order valence-electron chi connectivity index (χ4n) is 4.35. The van der Waals surface area contributed by atoms with Crippen LogP contribution in [0.2, 0.25) is 0 Å². The van der Waals surface area contributed by atoms with Gasteiger partial charge in [-0.2, -0.15) is 0 Å². The second-order valence-corrected chi connectivity index (χ2v) is 8.39. The maximum absolute atomic E-state index is 14.3. The molecule has 0 unspecified atom stereocenters. The van der Waals surface area contributed by atoms with Crippen molar-refractivity contribution in [1.82, 2.24) is 10.3 Å². The first kappa shape index (κ1) is 23.4. The van der Waals surface area contributed by atoms with Crippen molar-refractivity contribution in [3.8, 4) is 5.75 Å². The van der Waals surface area contributed by atoms with E-state index in [2.05, 4.69) is 10.3 Å². The van der Waals surface area contributed by atoms with Gasteiger partial charge in [-0.05, 0) is 60.9 Å². The Morgan fingerprint density at radius 2 is 1.79 bits per heavy atom. The van der Waals surface area contributed by atoms with Crippen LogP contribution in [0.5, 0.6) is 5.75 Å². The third-order valence-electron chi connectivity index (χ3n) is 6.08. The molecule has 176 valence electrons. The normalized spacial score (nSPS) is 14.8. The number of nitrogens with one attached hydrogen (secondary N) is 1. The van der Waals surface area contributed by atoms with Crippen molar-refractivity contribution in [3.63, 3.8) is 0 Å². The highest BCUT2D eigenvalue weighted by Gasteiger charge is 2.35. The average molecular weight is 462 g/mol. The number of carbonyl (C=O) groups is 2. The molecule has 3 aromatic rings. The number of methoxy groups -OCH3 is 1. The van der Waals surface area contributed by atoms with E-state index in [1.165, 1.54) is 29.3 Å². The summed E-state index contributed by atoms with van der Waals surface area (Å²) in [4.78, 5) is 33.0. The highest BCUT2D eigenvalue weighted by Crippen LogP contribution is 2.31. The summed E-state index contributed by atoms with van der Waals surface area (Å²) in [5.74, 6) is -0.683. The lowest BCUT2D eigenvalue weighted by molar-refractivity contribution is -0.123. The molecule has 1 aromatic heterocycles. The zero-order valence-electron chi connectivity index (χ0n) is 19.1. The van der Waals surface area contributed by atoms with Gasteiger partial charge in [0.05, 0.1) is 7.11 Å². The summed E-state index contributed by atoms with van der Waals surface area (Å²) < 4.78 is 19.5. The minimum absolute atomic E-state index is 0.0429. The monoisotopic (exact) mass is 461 g/mol. The van der Waals surface area contributed by atoms with Crippen LogP contribution in [0.1, 0.15) is 54.2 Å². The Morgan fingerprint density at radius 1 is 1.03 bits per heavy atom. The van der Waals surface area contributed by atoms with Crippen molar-refractivity contribution < 1.29 is 18.7 Å². The summed E-state index contributed by atoms with van der Waals surface area (Å²) in [7, 11) is 1.56. The molecular formula is C27H28FN3O3. The highest BCUT2D eigenvalue weighted by molar-refractivity contribution is 6.09. The molecule has 1 aliphatic carbocycles. The van der Waals surface area contributed by atoms with E-state index >= 15 is 0 Å². The molecule has 7 heteroatoms. The van der Waals surface area contributed by atoms with E-state index in [0.29, 0.717) is 11.3 Å². The number of hydrogen-bond acceptors (Lipinski definition) is 4. The number of anilines is 1. The van der Waals surface area contributed by atoms with E-state index in [1.54, 1.807) is 55.6 Å². The molecule has 4 rings (SSSR count). The number of aromatic nitrogens is 1.